The van der Waals surface area contributed by atoms with Gasteiger partial charge in [-0.25, -0.2) is 0 Å². The molecule has 5 heteroatoms. The molecule has 1 atom stereocenters. The minimum atomic E-state index is -0.909. The van der Waals surface area contributed by atoms with Crippen LogP contribution in [0, 0.1) is 0 Å². The van der Waals surface area contributed by atoms with Crippen LogP contribution < -0.4 is 10.5 Å². The number of carboxylic acids is 1. The van der Waals surface area contributed by atoms with Crippen molar-refractivity contribution in [2.45, 2.75) is 19.4 Å². The first-order valence-corrected chi connectivity index (χ1v) is 4.84. The fourth-order valence-corrected chi connectivity index (χ4v) is 1.37. The molecule has 0 unspecified atom stereocenters. The van der Waals surface area contributed by atoms with Gasteiger partial charge in [0.2, 0.25) is 0 Å². The number of carbonyl (C=O) groups is 1. The average molecular weight is 246 g/mol. The Morgan fingerprint density at radius 2 is 2.12 bits per heavy atom. The summed E-state index contributed by atoms with van der Waals surface area (Å²) in [6, 6.07) is 6.71. The van der Waals surface area contributed by atoms with Crippen LogP contribution in [0.25, 0.3) is 0 Å². The summed E-state index contributed by atoms with van der Waals surface area (Å²) in [7, 11) is 0. The van der Waals surface area contributed by atoms with Crippen molar-refractivity contribution in [2.24, 2.45) is 5.73 Å². The summed E-state index contributed by atoms with van der Waals surface area (Å²) in [5, 5.41) is 8.65. The molecule has 0 amide bonds. The second-order valence-electron chi connectivity index (χ2n) is 3.18. The molecule has 0 fully saturated rings. The Kier molecular flexibility index (Phi) is 6.53. The Hall–Kier alpha value is -1.26. The number of halogens is 1. The van der Waals surface area contributed by atoms with E-state index in [9.17, 15) is 4.79 Å². The van der Waals surface area contributed by atoms with E-state index in [1.54, 1.807) is 12.1 Å². The summed E-state index contributed by atoms with van der Waals surface area (Å²) in [5.74, 6) is -0.248. The lowest BCUT2D eigenvalue weighted by molar-refractivity contribution is -0.137. The Bertz CT molecular complexity index is 344. The zero-order valence-corrected chi connectivity index (χ0v) is 9.87. The van der Waals surface area contributed by atoms with Gasteiger partial charge in [0.25, 0.3) is 0 Å². The quantitative estimate of drug-likeness (QED) is 0.832. The fraction of sp³-hybridized carbons (Fsp3) is 0.364. The Balaban J connectivity index is 0.00000225. The van der Waals surface area contributed by atoms with E-state index in [0.717, 1.165) is 5.56 Å². The van der Waals surface area contributed by atoms with E-state index in [1.807, 2.05) is 19.1 Å². The molecule has 0 bridgehead atoms. The van der Waals surface area contributed by atoms with E-state index in [-0.39, 0.29) is 18.8 Å². The van der Waals surface area contributed by atoms with Crippen molar-refractivity contribution < 1.29 is 14.6 Å². The van der Waals surface area contributed by atoms with E-state index in [2.05, 4.69) is 0 Å². The zero-order valence-electron chi connectivity index (χ0n) is 9.05. The monoisotopic (exact) mass is 245 g/mol. The molecule has 0 aliphatic carbocycles. The van der Waals surface area contributed by atoms with Gasteiger partial charge < -0.3 is 15.6 Å². The van der Waals surface area contributed by atoms with Gasteiger partial charge in [0.15, 0.2) is 0 Å². The highest BCUT2D eigenvalue weighted by molar-refractivity contribution is 5.85. The van der Waals surface area contributed by atoms with Crippen LogP contribution in [0.5, 0.6) is 5.75 Å². The van der Waals surface area contributed by atoms with Crippen molar-refractivity contribution in [3.05, 3.63) is 29.8 Å². The minimum absolute atomic E-state index is 0. The fourth-order valence-electron chi connectivity index (χ4n) is 1.37. The van der Waals surface area contributed by atoms with Gasteiger partial charge in [-0.05, 0) is 13.0 Å². The van der Waals surface area contributed by atoms with Crippen molar-refractivity contribution in [1.82, 2.24) is 0 Å². The van der Waals surface area contributed by atoms with Crippen molar-refractivity contribution in [1.29, 1.82) is 0 Å². The molecule has 1 aromatic rings. The lowest BCUT2D eigenvalue weighted by Crippen LogP contribution is -2.16. The smallest absolute Gasteiger partial charge is 0.305 e. The predicted octanol–water partition coefficient (Wildman–Crippen LogP) is 1.98. The highest BCUT2D eigenvalue weighted by atomic mass is 35.5. The lowest BCUT2D eigenvalue weighted by atomic mass is 10.0. The van der Waals surface area contributed by atoms with E-state index in [0.29, 0.717) is 12.4 Å². The van der Waals surface area contributed by atoms with E-state index in [1.165, 1.54) is 0 Å². The maximum Gasteiger partial charge on any atom is 0.305 e. The van der Waals surface area contributed by atoms with Gasteiger partial charge in [-0.2, -0.15) is 0 Å². The maximum absolute atomic E-state index is 10.5. The van der Waals surface area contributed by atoms with Gasteiger partial charge in [0, 0.05) is 11.6 Å². The molecule has 0 heterocycles. The third-order valence-corrected chi connectivity index (χ3v) is 2.01. The van der Waals surface area contributed by atoms with Crippen molar-refractivity contribution >= 4 is 18.4 Å². The number of para-hydroxylation sites is 1. The van der Waals surface area contributed by atoms with Gasteiger partial charge in [0.1, 0.15) is 5.75 Å². The van der Waals surface area contributed by atoms with Crippen LogP contribution in [0.15, 0.2) is 24.3 Å². The number of rotatable bonds is 5. The SMILES string of the molecule is CCOc1ccccc1[C@@H](N)CC(=O)O.Cl. The molecule has 0 radical (unpaired) electrons. The van der Waals surface area contributed by atoms with Gasteiger partial charge in [-0.15, -0.1) is 12.4 Å². The van der Waals surface area contributed by atoms with Gasteiger partial charge in [-0.1, -0.05) is 18.2 Å². The number of ether oxygens (including phenoxy) is 1. The molecule has 1 rings (SSSR count). The van der Waals surface area contributed by atoms with Crippen LogP contribution in [0.1, 0.15) is 24.9 Å². The van der Waals surface area contributed by atoms with Crippen molar-refractivity contribution in [3.63, 3.8) is 0 Å². The molecule has 0 spiro atoms. The standard InChI is InChI=1S/C11H15NO3.ClH/c1-2-15-10-6-4-3-5-8(10)9(12)7-11(13)14;/h3-6,9H,2,7,12H2,1H3,(H,13,14);1H/t9-;/m0./s1. The second-order valence-corrected chi connectivity index (χ2v) is 3.18. The molecule has 1 aromatic carbocycles. The Morgan fingerprint density at radius 3 is 2.69 bits per heavy atom. The van der Waals surface area contributed by atoms with Crippen LogP contribution in [0.4, 0.5) is 0 Å². The number of nitrogens with two attached hydrogens (primary N) is 1. The normalized spacial score (nSPS) is 11.4. The first-order chi connectivity index (χ1) is 7.15. The van der Waals surface area contributed by atoms with Crippen LogP contribution in [-0.2, 0) is 4.79 Å². The van der Waals surface area contributed by atoms with Crippen LogP contribution >= 0.6 is 12.4 Å². The van der Waals surface area contributed by atoms with Crippen LogP contribution in [0.2, 0.25) is 0 Å². The van der Waals surface area contributed by atoms with Gasteiger partial charge in [-0.3, -0.25) is 4.79 Å². The first kappa shape index (κ1) is 14.7. The number of aliphatic carboxylic acids is 1. The predicted molar refractivity (Wildman–Crippen MR) is 64.0 cm³/mol. The van der Waals surface area contributed by atoms with Crippen LogP contribution in [0.3, 0.4) is 0 Å². The van der Waals surface area contributed by atoms with Crippen molar-refractivity contribution in [3.8, 4) is 5.75 Å². The highest BCUT2D eigenvalue weighted by Gasteiger charge is 2.14. The third-order valence-electron chi connectivity index (χ3n) is 2.01. The largest absolute Gasteiger partial charge is 0.494 e. The molecule has 90 valence electrons. The molecule has 16 heavy (non-hydrogen) atoms. The molecule has 0 aromatic heterocycles. The first-order valence-electron chi connectivity index (χ1n) is 4.84. The van der Waals surface area contributed by atoms with E-state index >= 15 is 0 Å². The topological polar surface area (TPSA) is 72.5 Å². The molecule has 4 nitrogen and oxygen atoms in total. The summed E-state index contributed by atoms with van der Waals surface area (Å²) < 4.78 is 5.37. The molecule has 0 aliphatic rings. The molecule has 3 N–H and O–H groups in total. The average Bonchev–Trinajstić information content (AvgIpc) is 2.18. The summed E-state index contributed by atoms with van der Waals surface area (Å²) in [6.07, 6.45) is -0.0932. The third kappa shape index (κ3) is 4.08. The number of hydrogen-bond acceptors (Lipinski definition) is 3. The molecule has 0 saturated carbocycles. The summed E-state index contributed by atoms with van der Waals surface area (Å²) in [6.45, 7) is 2.41. The number of benzene rings is 1. The van der Waals surface area contributed by atoms with E-state index < -0.39 is 12.0 Å². The van der Waals surface area contributed by atoms with Crippen LogP contribution in [-0.4, -0.2) is 17.7 Å². The summed E-state index contributed by atoms with van der Waals surface area (Å²) in [5.41, 5.74) is 6.50. The summed E-state index contributed by atoms with van der Waals surface area (Å²) >= 11 is 0. The van der Waals surface area contributed by atoms with Gasteiger partial charge in [0.05, 0.1) is 13.0 Å². The molecular formula is C11H16ClNO3. The summed E-state index contributed by atoms with van der Waals surface area (Å²) in [4.78, 5) is 10.5. The Morgan fingerprint density at radius 1 is 1.50 bits per heavy atom. The molecule has 0 saturated heterocycles. The van der Waals surface area contributed by atoms with Gasteiger partial charge >= 0.3 is 5.97 Å². The van der Waals surface area contributed by atoms with Crippen molar-refractivity contribution in [2.75, 3.05) is 6.61 Å². The maximum atomic E-state index is 10.5. The molecule has 0 aliphatic heterocycles. The minimum Gasteiger partial charge on any atom is -0.494 e. The lowest BCUT2D eigenvalue weighted by Gasteiger charge is -2.14. The molecular weight excluding hydrogens is 230 g/mol. The van der Waals surface area contributed by atoms with E-state index in [4.69, 9.17) is 15.6 Å². The second kappa shape index (κ2) is 7.09. The Labute approximate surface area is 101 Å². The number of hydrogen-bond donors (Lipinski definition) is 2. The number of carboxylic acid groups (broad SMARTS) is 1. The zero-order chi connectivity index (χ0) is 11.3. The highest BCUT2D eigenvalue weighted by Crippen LogP contribution is 2.25.